The molecule has 0 saturated heterocycles. The molecule has 21 heavy (non-hydrogen) atoms. The highest BCUT2D eigenvalue weighted by molar-refractivity contribution is 5.94. The van der Waals surface area contributed by atoms with E-state index in [0.29, 0.717) is 17.7 Å². The van der Waals surface area contributed by atoms with Gasteiger partial charge in [0.25, 0.3) is 11.6 Å². The first-order valence-corrected chi connectivity index (χ1v) is 6.57. The van der Waals surface area contributed by atoms with Gasteiger partial charge in [-0.2, -0.15) is 0 Å². The van der Waals surface area contributed by atoms with Crippen molar-refractivity contribution in [2.24, 2.45) is 0 Å². The predicted octanol–water partition coefficient (Wildman–Crippen LogP) is 1.92. The molecule has 1 aromatic carbocycles. The molecule has 1 amide bonds. The topological polar surface area (TPSA) is 90.1 Å². The van der Waals surface area contributed by atoms with E-state index in [1.807, 2.05) is 10.8 Å². The Morgan fingerprint density at radius 1 is 1.48 bits per heavy atom. The average Bonchev–Trinajstić information content (AvgIpc) is 2.96. The fourth-order valence-corrected chi connectivity index (χ4v) is 1.99. The minimum Gasteiger partial charge on any atom is -0.352 e. The van der Waals surface area contributed by atoms with Crippen LogP contribution in [0.5, 0.6) is 0 Å². The quantitative estimate of drug-likeness (QED) is 0.499. The number of nitro groups is 1. The van der Waals surface area contributed by atoms with Crippen molar-refractivity contribution in [1.82, 2.24) is 14.9 Å². The summed E-state index contributed by atoms with van der Waals surface area (Å²) in [4.78, 5) is 26.1. The van der Waals surface area contributed by atoms with Crippen LogP contribution in [0.25, 0.3) is 0 Å². The number of rotatable bonds is 6. The number of nitrogens with one attached hydrogen (secondary N) is 1. The lowest BCUT2D eigenvalue weighted by Crippen LogP contribution is -2.25. The lowest BCUT2D eigenvalue weighted by atomic mass is 10.1. The van der Waals surface area contributed by atoms with E-state index in [1.54, 1.807) is 19.4 Å². The number of amides is 1. The number of hydrogen-bond donors (Lipinski definition) is 1. The van der Waals surface area contributed by atoms with Gasteiger partial charge in [-0.1, -0.05) is 0 Å². The molecule has 0 unspecified atom stereocenters. The molecule has 0 atom stereocenters. The molecule has 0 fully saturated rings. The molecular formula is C14H16N4O3. The van der Waals surface area contributed by atoms with Crippen molar-refractivity contribution in [3.63, 3.8) is 0 Å². The van der Waals surface area contributed by atoms with Crippen LogP contribution in [0, 0.1) is 17.0 Å². The van der Waals surface area contributed by atoms with Crippen LogP contribution in [0.15, 0.2) is 36.9 Å². The number of aryl methyl sites for hydroxylation is 2. The molecule has 7 nitrogen and oxygen atoms in total. The molecule has 1 N–H and O–H groups in total. The zero-order valence-electron chi connectivity index (χ0n) is 11.7. The molecule has 0 aliphatic rings. The number of nitro benzene ring substituents is 1. The molecule has 1 heterocycles. The zero-order chi connectivity index (χ0) is 15.2. The molecule has 110 valence electrons. The Balaban J connectivity index is 1.85. The van der Waals surface area contributed by atoms with Gasteiger partial charge in [-0.05, 0) is 25.5 Å². The summed E-state index contributed by atoms with van der Waals surface area (Å²) >= 11 is 0. The summed E-state index contributed by atoms with van der Waals surface area (Å²) < 4.78 is 1.93. The van der Waals surface area contributed by atoms with Gasteiger partial charge in [0.05, 0.1) is 11.3 Å². The number of aromatic nitrogens is 2. The van der Waals surface area contributed by atoms with Crippen molar-refractivity contribution in [2.75, 3.05) is 6.54 Å². The van der Waals surface area contributed by atoms with E-state index in [2.05, 4.69) is 10.3 Å². The summed E-state index contributed by atoms with van der Waals surface area (Å²) in [6, 6.07) is 4.36. The zero-order valence-corrected chi connectivity index (χ0v) is 11.7. The fraction of sp³-hybridized carbons (Fsp3) is 0.286. The third-order valence-corrected chi connectivity index (χ3v) is 3.09. The van der Waals surface area contributed by atoms with Gasteiger partial charge in [0.2, 0.25) is 0 Å². The van der Waals surface area contributed by atoms with Gasteiger partial charge in [0, 0.05) is 42.7 Å². The molecule has 0 bridgehead atoms. The Bertz CT molecular complexity index is 638. The molecule has 0 saturated carbocycles. The number of imidazole rings is 1. The molecule has 0 aliphatic carbocycles. The molecule has 2 aromatic rings. The van der Waals surface area contributed by atoms with Gasteiger partial charge < -0.3 is 9.88 Å². The van der Waals surface area contributed by atoms with E-state index in [4.69, 9.17) is 0 Å². The van der Waals surface area contributed by atoms with Gasteiger partial charge in [-0.25, -0.2) is 4.98 Å². The summed E-state index contributed by atoms with van der Waals surface area (Å²) in [6.45, 7) is 2.93. The Kier molecular flexibility index (Phi) is 4.65. The number of benzene rings is 1. The number of carbonyl (C=O) groups is 1. The maximum atomic E-state index is 11.9. The third-order valence-electron chi connectivity index (χ3n) is 3.09. The van der Waals surface area contributed by atoms with Crippen molar-refractivity contribution in [3.8, 4) is 0 Å². The van der Waals surface area contributed by atoms with Gasteiger partial charge in [0.1, 0.15) is 0 Å². The van der Waals surface area contributed by atoms with Gasteiger partial charge in [0.15, 0.2) is 0 Å². The summed E-state index contributed by atoms with van der Waals surface area (Å²) in [6.07, 6.45) is 6.08. The van der Waals surface area contributed by atoms with Gasteiger partial charge >= 0.3 is 0 Å². The van der Waals surface area contributed by atoms with Crippen molar-refractivity contribution in [3.05, 3.63) is 58.2 Å². The first kappa shape index (κ1) is 14.7. The second kappa shape index (κ2) is 6.65. The number of carbonyl (C=O) groups excluding carboxylic acids is 1. The molecule has 1 aromatic heterocycles. The van der Waals surface area contributed by atoms with Gasteiger partial charge in [-0.15, -0.1) is 0 Å². The summed E-state index contributed by atoms with van der Waals surface area (Å²) in [5.74, 6) is -0.223. The highest BCUT2D eigenvalue weighted by Gasteiger charge is 2.13. The molecule has 0 radical (unpaired) electrons. The van der Waals surface area contributed by atoms with Crippen molar-refractivity contribution in [1.29, 1.82) is 0 Å². The van der Waals surface area contributed by atoms with E-state index in [0.717, 1.165) is 13.0 Å². The van der Waals surface area contributed by atoms with Crippen LogP contribution in [-0.2, 0) is 6.54 Å². The van der Waals surface area contributed by atoms with E-state index in [1.165, 1.54) is 18.2 Å². The van der Waals surface area contributed by atoms with Crippen LogP contribution in [-0.4, -0.2) is 26.9 Å². The van der Waals surface area contributed by atoms with Gasteiger partial charge in [-0.3, -0.25) is 14.9 Å². The monoisotopic (exact) mass is 288 g/mol. The van der Waals surface area contributed by atoms with Crippen molar-refractivity contribution >= 4 is 11.6 Å². The standard InChI is InChI=1S/C14H16N4O3/c1-11-9-12(3-4-13(11)18(20)21)14(19)16-5-2-7-17-8-6-15-10-17/h3-4,6,8-10H,2,5,7H2,1H3,(H,16,19). The Labute approximate surface area is 121 Å². The number of hydrogen-bond acceptors (Lipinski definition) is 4. The summed E-state index contributed by atoms with van der Waals surface area (Å²) in [7, 11) is 0. The summed E-state index contributed by atoms with van der Waals surface area (Å²) in [5.41, 5.74) is 0.929. The smallest absolute Gasteiger partial charge is 0.272 e. The highest BCUT2D eigenvalue weighted by atomic mass is 16.6. The summed E-state index contributed by atoms with van der Waals surface area (Å²) in [5, 5.41) is 13.5. The van der Waals surface area contributed by atoms with Crippen molar-refractivity contribution in [2.45, 2.75) is 19.9 Å². The van der Waals surface area contributed by atoms with Crippen LogP contribution >= 0.6 is 0 Å². The average molecular weight is 288 g/mol. The first-order valence-electron chi connectivity index (χ1n) is 6.57. The van der Waals surface area contributed by atoms with Crippen molar-refractivity contribution < 1.29 is 9.72 Å². The largest absolute Gasteiger partial charge is 0.352 e. The molecule has 7 heteroatoms. The van der Waals surface area contributed by atoms with E-state index in [9.17, 15) is 14.9 Å². The SMILES string of the molecule is Cc1cc(C(=O)NCCCn2ccnc2)ccc1[N+](=O)[O-]. The molecular weight excluding hydrogens is 272 g/mol. The maximum absolute atomic E-state index is 11.9. The lowest BCUT2D eigenvalue weighted by Gasteiger charge is -2.06. The second-order valence-electron chi connectivity index (χ2n) is 4.67. The minimum atomic E-state index is -0.456. The Morgan fingerprint density at radius 3 is 2.90 bits per heavy atom. The maximum Gasteiger partial charge on any atom is 0.272 e. The van der Waals surface area contributed by atoms with Crippen LogP contribution in [0.1, 0.15) is 22.3 Å². The molecule has 0 aliphatic heterocycles. The predicted molar refractivity (Wildman–Crippen MR) is 77.0 cm³/mol. The normalized spacial score (nSPS) is 10.3. The lowest BCUT2D eigenvalue weighted by molar-refractivity contribution is -0.385. The van der Waals surface area contributed by atoms with E-state index < -0.39 is 4.92 Å². The van der Waals surface area contributed by atoms with Crippen LogP contribution in [0.2, 0.25) is 0 Å². The van der Waals surface area contributed by atoms with Crippen LogP contribution in [0.4, 0.5) is 5.69 Å². The second-order valence-corrected chi connectivity index (χ2v) is 4.67. The molecule has 2 rings (SSSR count). The first-order chi connectivity index (χ1) is 10.1. The fourth-order valence-electron chi connectivity index (χ4n) is 1.99. The van der Waals surface area contributed by atoms with Crippen LogP contribution in [0.3, 0.4) is 0 Å². The van der Waals surface area contributed by atoms with E-state index in [-0.39, 0.29) is 11.6 Å². The van der Waals surface area contributed by atoms with E-state index >= 15 is 0 Å². The minimum absolute atomic E-state index is 0.0201. The molecule has 0 spiro atoms. The third kappa shape index (κ3) is 3.88. The Morgan fingerprint density at radius 2 is 2.29 bits per heavy atom. The highest BCUT2D eigenvalue weighted by Crippen LogP contribution is 2.18. The van der Waals surface area contributed by atoms with Crippen LogP contribution < -0.4 is 5.32 Å². The Hall–Kier alpha value is -2.70. The number of nitrogens with zero attached hydrogens (tertiary/aromatic N) is 3.